The van der Waals surface area contributed by atoms with Gasteiger partial charge in [0.2, 0.25) is 0 Å². The first-order chi connectivity index (χ1) is 14.1. The van der Waals surface area contributed by atoms with Crippen LogP contribution in [-0.4, -0.2) is 32.3 Å². The number of alkyl halides is 5. The largest absolute Gasteiger partial charge is 0.508 e. The van der Waals surface area contributed by atoms with Crippen LogP contribution in [0.15, 0.2) is 30.0 Å². The fourth-order valence-corrected chi connectivity index (χ4v) is 3.73. The summed E-state index contributed by atoms with van der Waals surface area (Å²) in [6, 6.07) is 7.37. The summed E-state index contributed by atoms with van der Waals surface area (Å²) in [6.07, 6.45) is -4.00. The fourth-order valence-electron chi connectivity index (χ4n) is 3.73. The van der Waals surface area contributed by atoms with Crippen LogP contribution in [0.2, 0.25) is 0 Å². The van der Waals surface area contributed by atoms with Crippen LogP contribution in [0.3, 0.4) is 0 Å². The van der Waals surface area contributed by atoms with Crippen LogP contribution in [-0.2, 0) is 4.79 Å². The summed E-state index contributed by atoms with van der Waals surface area (Å²) < 4.78 is 66.5. The van der Waals surface area contributed by atoms with E-state index in [4.69, 9.17) is 0 Å². The van der Waals surface area contributed by atoms with Gasteiger partial charge in [0.05, 0.1) is 16.6 Å². The van der Waals surface area contributed by atoms with Crippen LogP contribution in [0.4, 0.5) is 22.0 Å². The van der Waals surface area contributed by atoms with E-state index in [0.29, 0.717) is 23.8 Å². The summed E-state index contributed by atoms with van der Waals surface area (Å²) in [6.45, 7) is -3.13. The van der Waals surface area contributed by atoms with Gasteiger partial charge in [-0.25, -0.2) is 4.98 Å². The molecule has 1 heterocycles. The summed E-state index contributed by atoms with van der Waals surface area (Å²) >= 11 is 0. The van der Waals surface area contributed by atoms with Crippen LogP contribution in [0.25, 0.3) is 16.6 Å². The van der Waals surface area contributed by atoms with E-state index in [0.717, 1.165) is 0 Å². The van der Waals surface area contributed by atoms with Crippen molar-refractivity contribution in [1.29, 1.82) is 5.26 Å². The molecule has 1 amide bonds. The number of hydrogen-bond donors (Lipinski definition) is 2. The van der Waals surface area contributed by atoms with Gasteiger partial charge in [-0.3, -0.25) is 9.36 Å². The number of aliphatic hydroxyl groups is 1. The summed E-state index contributed by atoms with van der Waals surface area (Å²) in [5.41, 5.74) is -2.51. The molecule has 0 unspecified atom stereocenters. The van der Waals surface area contributed by atoms with Gasteiger partial charge in [0.1, 0.15) is 17.4 Å². The molecule has 160 valence electrons. The molecule has 0 spiro atoms. The lowest BCUT2D eigenvalue weighted by molar-refractivity contribution is -0.176. The molecule has 0 aliphatic heterocycles. The second-order valence-corrected chi connectivity index (χ2v) is 7.00. The molecule has 30 heavy (non-hydrogen) atoms. The number of amides is 1. The number of allylic oxidation sites excluding steroid dienone is 1. The SMILES string of the molecule is N#C/C(=C(/O)C1(NC(=O)C(F)(F)F)CCCCC1)c1nc2ccccc2n1C(F)F. The molecule has 0 saturated heterocycles. The number of halogens is 5. The zero-order chi connectivity index (χ0) is 22.1. The summed E-state index contributed by atoms with van der Waals surface area (Å²) in [7, 11) is 0. The fraction of sp³-hybridized carbons (Fsp3) is 0.421. The predicted molar refractivity (Wildman–Crippen MR) is 96.2 cm³/mol. The molecule has 1 aliphatic carbocycles. The van der Waals surface area contributed by atoms with Crippen molar-refractivity contribution in [3.8, 4) is 6.07 Å². The van der Waals surface area contributed by atoms with Crippen molar-refractivity contribution in [3.63, 3.8) is 0 Å². The van der Waals surface area contributed by atoms with Crippen LogP contribution < -0.4 is 5.32 Å². The van der Waals surface area contributed by atoms with Crippen LogP contribution in [0.5, 0.6) is 0 Å². The number of carbonyl (C=O) groups is 1. The Balaban J connectivity index is 2.20. The van der Waals surface area contributed by atoms with Gasteiger partial charge in [0.15, 0.2) is 5.82 Å². The molecule has 1 aromatic heterocycles. The van der Waals surface area contributed by atoms with Gasteiger partial charge in [-0.1, -0.05) is 31.4 Å². The van der Waals surface area contributed by atoms with E-state index in [1.807, 2.05) is 0 Å². The highest BCUT2D eigenvalue weighted by molar-refractivity contribution is 5.86. The maximum atomic E-state index is 13.7. The summed E-state index contributed by atoms with van der Waals surface area (Å²) in [4.78, 5) is 15.6. The average molecular weight is 428 g/mol. The third-order valence-electron chi connectivity index (χ3n) is 5.13. The third-order valence-corrected chi connectivity index (χ3v) is 5.13. The summed E-state index contributed by atoms with van der Waals surface area (Å²) in [5.74, 6) is -3.77. The number of rotatable bonds is 4. The average Bonchev–Trinajstić information content (AvgIpc) is 3.07. The smallest absolute Gasteiger partial charge is 0.471 e. The Hall–Kier alpha value is -3.16. The molecule has 0 atom stereocenters. The first-order valence-electron chi connectivity index (χ1n) is 9.09. The second-order valence-electron chi connectivity index (χ2n) is 7.00. The number of aromatic nitrogens is 2. The normalized spacial score (nSPS) is 17.5. The van der Waals surface area contributed by atoms with Gasteiger partial charge in [-0.05, 0) is 25.0 Å². The van der Waals surface area contributed by atoms with Gasteiger partial charge in [0, 0.05) is 0 Å². The van der Waals surface area contributed by atoms with Crippen LogP contribution in [0, 0.1) is 11.3 Å². The monoisotopic (exact) mass is 428 g/mol. The van der Waals surface area contributed by atoms with Crippen molar-refractivity contribution in [1.82, 2.24) is 14.9 Å². The van der Waals surface area contributed by atoms with Crippen LogP contribution >= 0.6 is 0 Å². The number of hydrogen-bond acceptors (Lipinski definition) is 4. The molecule has 6 nitrogen and oxygen atoms in total. The Morgan fingerprint density at radius 2 is 1.87 bits per heavy atom. The number of nitriles is 1. The molecular weight excluding hydrogens is 411 g/mol. The van der Waals surface area contributed by atoms with Crippen molar-refractivity contribution < 1.29 is 31.9 Å². The lowest BCUT2D eigenvalue weighted by atomic mass is 9.78. The number of nitrogens with one attached hydrogen (secondary N) is 1. The van der Waals surface area contributed by atoms with E-state index in [-0.39, 0.29) is 23.9 Å². The Morgan fingerprint density at radius 3 is 2.43 bits per heavy atom. The molecule has 1 aromatic carbocycles. The van der Waals surface area contributed by atoms with Gasteiger partial charge in [-0.15, -0.1) is 0 Å². The molecule has 11 heteroatoms. The Kier molecular flexibility index (Phi) is 5.70. The first-order valence-corrected chi connectivity index (χ1v) is 9.09. The van der Waals surface area contributed by atoms with E-state index >= 15 is 0 Å². The zero-order valence-electron chi connectivity index (χ0n) is 15.5. The molecule has 1 saturated carbocycles. The standard InChI is InChI=1S/C19H17F5N4O2/c20-17(21)28-13-7-3-2-6-12(13)26-15(28)11(10-25)14(29)18(8-4-1-5-9-18)27-16(30)19(22,23)24/h2-3,6-7,17,29H,1,4-5,8-9H2,(H,27,30)/b14-11-. The van der Waals surface area contributed by atoms with E-state index in [1.54, 1.807) is 11.4 Å². The molecule has 3 rings (SSSR count). The van der Waals surface area contributed by atoms with Gasteiger partial charge >= 0.3 is 18.6 Å². The highest BCUT2D eigenvalue weighted by Gasteiger charge is 2.47. The molecule has 1 aliphatic rings. The minimum atomic E-state index is -5.21. The van der Waals surface area contributed by atoms with Gasteiger partial charge in [-0.2, -0.15) is 27.2 Å². The van der Waals surface area contributed by atoms with E-state index in [9.17, 15) is 37.1 Å². The maximum Gasteiger partial charge on any atom is 0.471 e. The van der Waals surface area contributed by atoms with Crippen molar-refractivity contribution in [2.24, 2.45) is 0 Å². The number of benzene rings is 1. The van der Waals surface area contributed by atoms with Crippen molar-refractivity contribution >= 4 is 22.5 Å². The highest BCUT2D eigenvalue weighted by Crippen LogP contribution is 2.38. The minimum absolute atomic E-state index is 0.0138. The third kappa shape index (κ3) is 3.81. The number of carbonyl (C=O) groups excluding carboxylic acids is 1. The van der Waals surface area contributed by atoms with Crippen molar-refractivity contribution in [2.45, 2.75) is 50.4 Å². The molecule has 2 N–H and O–H groups in total. The topological polar surface area (TPSA) is 90.9 Å². The Bertz CT molecular complexity index is 1030. The first kappa shape index (κ1) is 21.5. The summed E-state index contributed by atoms with van der Waals surface area (Å²) in [5, 5.41) is 22.3. The van der Waals surface area contributed by atoms with Gasteiger partial charge in [0.25, 0.3) is 0 Å². The molecule has 0 radical (unpaired) electrons. The molecular formula is C19H17F5N4O2. The minimum Gasteiger partial charge on any atom is -0.508 e. The lowest BCUT2D eigenvalue weighted by Gasteiger charge is -2.38. The maximum absolute atomic E-state index is 13.7. The Labute approximate surface area is 167 Å². The highest BCUT2D eigenvalue weighted by atomic mass is 19.4. The van der Waals surface area contributed by atoms with Crippen molar-refractivity contribution in [3.05, 3.63) is 35.8 Å². The Morgan fingerprint density at radius 1 is 1.23 bits per heavy atom. The molecule has 0 bridgehead atoms. The number of imidazole rings is 1. The number of aliphatic hydroxyl groups excluding tert-OH is 1. The number of fused-ring (bicyclic) bond motifs is 1. The van der Waals surface area contributed by atoms with Crippen molar-refractivity contribution in [2.75, 3.05) is 0 Å². The molecule has 1 fully saturated rings. The van der Waals surface area contributed by atoms with Gasteiger partial charge < -0.3 is 10.4 Å². The number of nitrogens with zero attached hydrogens (tertiary/aromatic N) is 3. The number of para-hydroxylation sites is 2. The zero-order valence-corrected chi connectivity index (χ0v) is 15.5. The second kappa shape index (κ2) is 7.93. The molecule has 2 aromatic rings. The van der Waals surface area contributed by atoms with E-state index in [2.05, 4.69) is 4.98 Å². The quantitative estimate of drug-likeness (QED) is 0.423. The lowest BCUT2D eigenvalue weighted by Crippen LogP contribution is -2.55. The predicted octanol–water partition coefficient (Wildman–Crippen LogP) is 4.61. The van der Waals surface area contributed by atoms with E-state index < -0.39 is 41.3 Å². The van der Waals surface area contributed by atoms with Crippen LogP contribution in [0.1, 0.15) is 44.5 Å². The van der Waals surface area contributed by atoms with E-state index in [1.165, 1.54) is 24.3 Å².